The molecule has 6 atom stereocenters. The molecule has 154 valence electrons. The molecule has 2 saturated carbocycles. The number of hydrogen-bond acceptors (Lipinski definition) is 2. The minimum absolute atomic E-state index is 0.153. The highest BCUT2D eigenvalue weighted by molar-refractivity contribution is 5.67. The molecule has 3 aliphatic rings. The average molecular weight is 375 g/mol. The predicted molar refractivity (Wildman–Crippen MR) is 112 cm³/mol. The fraction of sp³-hybridized carbons (Fsp3) is 0.880. The molecule has 3 rings (SSSR count). The van der Waals surface area contributed by atoms with Crippen LogP contribution in [0.4, 0.5) is 0 Å². The van der Waals surface area contributed by atoms with Crippen LogP contribution in [0.25, 0.3) is 0 Å². The van der Waals surface area contributed by atoms with Gasteiger partial charge in [0.05, 0.1) is 0 Å². The summed E-state index contributed by atoms with van der Waals surface area (Å²) >= 11 is 0. The number of rotatable bonds is 6. The molecule has 2 heteroatoms. The number of esters is 1. The number of carbonyl (C=O) groups excluding carboxylic acids is 1. The van der Waals surface area contributed by atoms with Crippen LogP contribution in [0.1, 0.15) is 99.3 Å². The Bertz CT molecular complexity index is 575. The largest absolute Gasteiger partial charge is 0.431 e. The molecule has 2 nitrogen and oxygen atoms in total. The summed E-state index contributed by atoms with van der Waals surface area (Å²) in [7, 11) is 0. The van der Waals surface area contributed by atoms with Crippen LogP contribution in [0, 0.1) is 40.9 Å². The number of fused-ring (bicyclic) bond motifs is 3. The van der Waals surface area contributed by atoms with Crippen LogP contribution >= 0.6 is 0 Å². The van der Waals surface area contributed by atoms with Crippen LogP contribution in [-0.2, 0) is 9.53 Å². The Balaban J connectivity index is 1.69. The van der Waals surface area contributed by atoms with Gasteiger partial charge in [-0.15, -0.1) is 0 Å². The van der Waals surface area contributed by atoms with Crippen molar-refractivity contribution in [2.24, 2.45) is 40.9 Å². The average Bonchev–Trinajstić information content (AvgIpc) is 2.94. The summed E-state index contributed by atoms with van der Waals surface area (Å²) in [5.41, 5.74) is 1.93. The van der Waals surface area contributed by atoms with E-state index in [9.17, 15) is 4.79 Å². The van der Waals surface area contributed by atoms with E-state index in [2.05, 4.69) is 34.6 Å². The van der Waals surface area contributed by atoms with Crippen molar-refractivity contribution in [2.45, 2.75) is 99.3 Å². The molecule has 0 unspecified atom stereocenters. The van der Waals surface area contributed by atoms with Gasteiger partial charge in [0.15, 0.2) is 0 Å². The van der Waals surface area contributed by atoms with Crippen LogP contribution in [0.15, 0.2) is 11.3 Å². The molecule has 0 amide bonds. The van der Waals surface area contributed by atoms with Crippen molar-refractivity contribution >= 4 is 5.97 Å². The summed E-state index contributed by atoms with van der Waals surface area (Å²) in [6, 6.07) is 0. The lowest BCUT2D eigenvalue weighted by Crippen LogP contribution is -2.44. The molecule has 2 fully saturated rings. The van der Waals surface area contributed by atoms with Crippen LogP contribution in [0.5, 0.6) is 0 Å². The lowest BCUT2D eigenvalue weighted by atomic mass is 9.53. The molecule has 3 aliphatic carbocycles. The third-order valence-corrected chi connectivity index (χ3v) is 8.61. The Hall–Kier alpha value is -0.790. The van der Waals surface area contributed by atoms with Gasteiger partial charge in [0.25, 0.3) is 0 Å². The molecule has 0 spiro atoms. The fourth-order valence-electron chi connectivity index (χ4n) is 7.26. The molecule has 27 heavy (non-hydrogen) atoms. The van der Waals surface area contributed by atoms with E-state index in [1.807, 2.05) is 0 Å². The summed E-state index contributed by atoms with van der Waals surface area (Å²) in [6.07, 6.45) is 11.9. The Morgan fingerprint density at radius 3 is 2.56 bits per heavy atom. The highest BCUT2D eigenvalue weighted by Gasteiger charge is 2.55. The van der Waals surface area contributed by atoms with Crippen molar-refractivity contribution in [1.29, 1.82) is 0 Å². The fourth-order valence-corrected chi connectivity index (χ4v) is 7.26. The number of hydrogen-bond donors (Lipinski definition) is 0. The van der Waals surface area contributed by atoms with E-state index in [0.717, 1.165) is 41.8 Å². The van der Waals surface area contributed by atoms with E-state index in [1.54, 1.807) is 0 Å². The van der Waals surface area contributed by atoms with Gasteiger partial charge in [0.1, 0.15) is 5.76 Å². The SMILES string of the molecule is CC(=O)OC1=C(C)[C@@H]2CC[C@@]3(C)[C@@H](CC[C@H]3[C@H](C)CCCC(C)C)[C@@H]2CC1. The Kier molecular flexibility index (Phi) is 6.43. The lowest BCUT2D eigenvalue weighted by molar-refractivity contribution is -0.137. The topological polar surface area (TPSA) is 26.3 Å². The van der Waals surface area contributed by atoms with E-state index >= 15 is 0 Å². The predicted octanol–water partition coefficient (Wildman–Crippen LogP) is 7.14. The highest BCUT2D eigenvalue weighted by Crippen LogP contribution is 2.63. The van der Waals surface area contributed by atoms with Gasteiger partial charge in [0, 0.05) is 13.3 Å². The summed E-state index contributed by atoms with van der Waals surface area (Å²) in [4.78, 5) is 11.4. The molecule has 0 N–H and O–H groups in total. The van der Waals surface area contributed by atoms with E-state index in [0.29, 0.717) is 11.3 Å². The maximum absolute atomic E-state index is 11.4. The quantitative estimate of drug-likeness (QED) is 0.462. The first-order valence-electron chi connectivity index (χ1n) is 11.6. The third-order valence-electron chi connectivity index (χ3n) is 8.61. The number of carbonyl (C=O) groups is 1. The molecule has 0 aliphatic heterocycles. The summed E-state index contributed by atoms with van der Waals surface area (Å²) in [5, 5.41) is 0. The van der Waals surface area contributed by atoms with Crippen LogP contribution in [-0.4, -0.2) is 5.97 Å². The Morgan fingerprint density at radius 1 is 1.15 bits per heavy atom. The van der Waals surface area contributed by atoms with Gasteiger partial charge in [-0.25, -0.2) is 0 Å². The molecule has 0 heterocycles. The zero-order valence-corrected chi connectivity index (χ0v) is 18.6. The summed E-state index contributed by atoms with van der Waals surface area (Å²) in [6.45, 7) is 13.6. The first-order valence-corrected chi connectivity index (χ1v) is 11.6. The second kappa shape index (κ2) is 8.29. The number of ether oxygens (including phenoxy) is 1. The van der Waals surface area contributed by atoms with E-state index in [4.69, 9.17) is 4.74 Å². The summed E-state index contributed by atoms with van der Waals surface area (Å²) in [5.74, 6) is 5.80. The van der Waals surface area contributed by atoms with E-state index in [-0.39, 0.29) is 5.97 Å². The third kappa shape index (κ3) is 4.15. The monoisotopic (exact) mass is 374 g/mol. The smallest absolute Gasteiger partial charge is 0.307 e. The molecule has 0 aromatic rings. The van der Waals surface area contributed by atoms with Gasteiger partial charge < -0.3 is 4.74 Å². The Labute approximate surface area is 167 Å². The van der Waals surface area contributed by atoms with Crippen molar-refractivity contribution < 1.29 is 9.53 Å². The highest BCUT2D eigenvalue weighted by atomic mass is 16.5. The van der Waals surface area contributed by atoms with Crippen molar-refractivity contribution in [2.75, 3.05) is 0 Å². The molecule has 0 radical (unpaired) electrons. The molecular formula is C25H42O2. The zero-order chi connectivity index (χ0) is 19.8. The van der Waals surface area contributed by atoms with Gasteiger partial charge >= 0.3 is 5.97 Å². The van der Waals surface area contributed by atoms with Crippen LogP contribution in [0.2, 0.25) is 0 Å². The van der Waals surface area contributed by atoms with Crippen molar-refractivity contribution in [1.82, 2.24) is 0 Å². The van der Waals surface area contributed by atoms with Gasteiger partial charge in [0.2, 0.25) is 0 Å². The van der Waals surface area contributed by atoms with Crippen molar-refractivity contribution in [3.05, 3.63) is 11.3 Å². The minimum atomic E-state index is -0.153. The maximum Gasteiger partial charge on any atom is 0.307 e. The van der Waals surface area contributed by atoms with Gasteiger partial charge in [-0.1, -0.05) is 47.0 Å². The molecular weight excluding hydrogens is 332 g/mol. The lowest BCUT2D eigenvalue weighted by Gasteiger charge is -2.52. The maximum atomic E-state index is 11.4. The Morgan fingerprint density at radius 2 is 1.89 bits per heavy atom. The van der Waals surface area contributed by atoms with Crippen molar-refractivity contribution in [3.8, 4) is 0 Å². The first-order chi connectivity index (χ1) is 12.7. The minimum Gasteiger partial charge on any atom is -0.431 e. The van der Waals surface area contributed by atoms with Gasteiger partial charge in [-0.2, -0.15) is 0 Å². The van der Waals surface area contributed by atoms with Gasteiger partial charge in [-0.05, 0) is 85.5 Å². The summed E-state index contributed by atoms with van der Waals surface area (Å²) < 4.78 is 5.55. The standard InChI is InChI=1S/C25H42O2/c1-16(2)8-7-9-17(3)22-11-12-23-21-10-13-24(27-19(5)26)18(4)20(21)14-15-25(22,23)6/h16-17,20-23H,7-15H2,1-6H3/t17-,20+,21-,22+,23+,25-/m1/s1. The molecule has 0 saturated heterocycles. The molecule has 0 aromatic carbocycles. The van der Waals surface area contributed by atoms with Gasteiger partial charge in [-0.3, -0.25) is 4.79 Å². The number of allylic oxidation sites excluding steroid dienone is 2. The molecule has 0 bridgehead atoms. The van der Waals surface area contributed by atoms with E-state index < -0.39 is 0 Å². The van der Waals surface area contributed by atoms with Crippen LogP contribution < -0.4 is 0 Å². The zero-order valence-electron chi connectivity index (χ0n) is 18.6. The van der Waals surface area contributed by atoms with E-state index in [1.165, 1.54) is 63.9 Å². The second-order valence-electron chi connectivity index (χ2n) is 10.6. The normalized spacial score (nSPS) is 37.1. The molecule has 0 aromatic heterocycles. The first kappa shape index (κ1) is 20.9. The second-order valence-corrected chi connectivity index (χ2v) is 10.6. The van der Waals surface area contributed by atoms with Crippen molar-refractivity contribution in [3.63, 3.8) is 0 Å². The van der Waals surface area contributed by atoms with Crippen LogP contribution in [0.3, 0.4) is 0 Å².